The van der Waals surface area contributed by atoms with Crippen LogP contribution in [0, 0.1) is 12.8 Å². The van der Waals surface area contributed by atoms with Crippen LogP contribution in [0.5, 0.6) is 0 Å². The summed E-state index contributed by atoms with van der Waals surface area (Å²) >= 11 is 5.01. The van der Waals surface area contributed by atoms with E-state index in [2.05, 4.69) is 19.2 Å². The average Bonchev–Trinajstić information content (AvgIpc) is 2.37. The largest absolute Gasteiger partial charge is 0.393 e. The summed E-state index contributed by atoms with van der Waals surface area (Å²) in [4.78, 5) is 12.7. The Labute approximate surface area is 126 Å². The zero-order valence-corrected chi connectivity index (χ0v) is 13.5. The van der Waals surface area contributed by atoms with Crippen LogP contribution in [0.4, 0.5) is 5.69 Å². The van der Waals surface area contributed by atoms with E-state index in [1.807, 2.05) is 32.0 Å². The molecule has 0 aliphatic rings. The van der Waals surface area contributed by atoms with Gasteiger partial charge >= 0.3 is 0 Å². The average molecular weight is 292 g/mol. The fourth-order valence-electron chi connectivity index (χ4n) is 2.24. The minimum absolute atomic E-state index is 0.101. The molecular formula is C16H24N2OS. The second-order valence-electron chi connectivity index (χ2n) is 5.43. The highest BCUT2D eigenvalue weighted by molar-refractivity contribution is 7.80. The van der Waals surface area contributed by atoms with Gasteiger partial charge in [-0.25, -0.2) is 0 Å². The summed E-state index contributed by atoms with van der Waals surface area (Å²) in [6.45, 7) is 8.24. The molecule has 3 nitrogen and oxygen atoms in total. The summed E-state index contributed by atoms with van der Waals surface area (Å²) < 4.78 is 0. The number of amides is 1. The third kappa shape index (κ3) is 4.04. The minimum atomic E-state index is -0.394. The van der Waals surface area contributed by atoms with Crippen LogP contribution in [0.25, 0.3) is 0 Å². The lowest BCUT2D eigenvalue weighted by Crippen LogP contribution is -2.33. The number of hydrogen-bond donors (Lipinski definition) is 2. The fraction of sp³-hybridized carbons (Fsp3) is 0.500. The first kappa shape index (κ1) is 16.6. The molecule has 0 fully saturated rings. The quantitative estimate of drug-likeness (QED) is 0.785. The Morgan fingerprint density at radius 1 is 1.40 bits per heavy atom. The first-order valence-electron chi connectivity index (χ1n) is 7.08. The molecule has 3 N–H and O–H groups in total. The highest BCUT2D eigenvalue weighted by atomic mass is 32.1. The predicted molar refractivity (Wildman–Crippen MR) is 89.1 cm³/mol. The van der Waals surface area contributed by atoms with E-state index in [0.29, 0.717) is 12.3 Å². The smallest absolute Gasteiger partial charge is 0.234 e. The highest BCUT2D eigenvalue weighted by Gasteiger charge is 2.22. The first-order chi connectivity index (χ1) is 9.38. The van der Waals surface area contributed by atoms with E-state index in [1.54, 1.807) is 0 Å². The number of aryl methyl sites for hydroxylation is 1. The van der Waals surface area contributed by atoms with Gasteiger partial charge in [-0.2, -0.15) is 0 Å². The van der Waals surface area contributed by atoms with Gasteiger partial charge in [0.15, 0.2) is 0 Å². The van der Waals surface area contributed by atoms with Crippen LogP contribution < -0.4 is 11.1 Å². The van der Waals surface area contributed by atoms with Crippen molar-refractivity contribution in [1.29, 1.82) is 0 Å². The Morgan fingerprint density at radius 2 is 2.05 bits per heavy atom. The standard InChI is InChI=1S/C16H24N2OS/c1-5-7-13(15(17)20)16(19)18-14-11(4)8-6-9-12(14)10(2)3/h6,8-10,13H,5,7H2,1-4H3,(H2,17,20)(H,18,19). The van der Waals surface area contributed by atoms with Gasteiger partial charge in [-0.15, -0.1) is 0 Å². The minimum Gasteiger partial charge on any atom is -0.393 e. The zero-order valence-electron chi connectivity index (χ0n) is 12.7. The highest BCUT2D eigenvalue weighted by Crippen LogP contribution is 2.28. The van der Waals surface area contributed by atoms with Crippen LogP contribution in [0.15, 0.2) is 18.2 Å². The van der Waals surface area contributed by atoms with Gasteiger partial charge in [0.1, 0.15) is 0 Å². The number of nitrogens with two attached hydrogens (primary N) is 1. The van der Waals surface area contributed by atoms with Gasteiger partial charge < -0.3 is 11.1 Å². The van der Waals surface area contributed by atoms with Crippen LogP contribution >= 0.6 is 12.2 Å². The number of hydrogen-bond acceptors (Lipinski definition) is 2. The summed E-state index contributed by atoms with van der Waals surface area (Å²) in [7, 11) is 0. The Hall–Kier alpha value is -1.42. The Balaban J connectivity index is 3.03. The number of benzene rings is 1. The summed E-state index contributed by atoms with van der Waals surface area (Å²) in [6.07, 6.45) is 1.56. The van der Waals surface area contributed by atoms with Crippen LogP contribution in [-0.4, -0.2) is 10.9 Å². The molecule has 0 aliphatic heterocycles. The van der Waals surface area contributed by atoms with E-state index in [-0.39, 0.29) is 10.9 Å². The van der Waals surface area contributed by atoms with Gasteiger partial charge in [-0.3, -0.25) is 4.79 Å². The van der Waals surface area contributed by atoms with Crippen molar-refractivity contribution in [2.75, 3.05) is 5.32 Å². The third-order valence-corrected chi connectivity index (χ3v) is 3.70. The fourth-order valence-corrected chi connectivity index (χ4v) is 2.47. The molecule has 0 aromatic heterocycles. The molecule has 20 heavy (non-hydrogen) atoms. The molecule has 1 aromatic rings. The lowest BCUT2D eigenvalue weighted by molar-refractivity contribution is -0.118. The van der Waals surface area contributed by atoms with Gasteiger partial charge in [0, 0.05) is 5.69 Å². The summed E-state index contributed by atoms with van der Waals surface area (Å²) in [5, 5.41) is 3.02. The van der Waals surface area contributed by atoms with Crippen LogP contribution in [-0.2, 0) is 4.79 Å². The molecule has 4 heteroatoms. The van der Waals surface area contributed by atoms with Gasteiger partial charge in [-0.1, -0.05) is 57.6 Å². The summed E-state index contributed by atoms with van der Waals surface area (Å²) in [6, 6.07) is 6.05. The third-order valence-electron chi connectivity index (χ3n) is 3.41. The van der Waals surface area contributed by atoms with Gasteiger partial charge in [0.2, 0.25) is 5.91 Å². The first-order valence-corrected chi connectivity index (χ1v) is 7.49. The van der Waals surface area contributed by atoms with E-state index in [0.717, 1.165) is 23.2 Å². The molecule has 0 bridgehead atoms. The van der Waals surface area contributed by atoms with Crippen molar-refractivity contribution in [3.8, 4) is 0 Å². The van der Waals surface area contributed by atoms with Crippen molar-refractivity contribution in [2.24, 2.45) is 11.7 Å². The SMILES string of the molecule is CCCC(C(=O)Nc1c(C)cccc1C(C)C)C(N)=S. The van der Waals surface area contributed by atoms with Crippen molar-refractivity contribution >= 4 is 28.8 Å². The Morgan fingerprint density at radius 3 is 2.55 bits per heavy atom. The molecule has 110 valence electrons. The van der Waals surface area contributed by atoms with E-state index in [1.165, 1.54) is 0 Å². The zero-order chi connectivity index (χ0) is 15.3. The predicted octanol–water partition coefficient (Wildman–Crippen LogP) is 3.76. The second-order valence-corrected chi connectivity index (χ2v) is 5.90. The van der Waals surface area contributed by atoms with Gasteiger partial charge in [-0.05, 0) is 30.4 Å². The second kappa shape index (κ2) is 7.39. The molecule has 1 aromatic carbocycles. The maximum absolute atomic E-state index is 12.4. The number of para-hydroxylation sites is 1. The van der Waals surface area contributed by atoms with Crippen molar-refractivity contribution < 1.29 is 4.79 Å². The van der Waals surface area contributed by atoms with Crippen molar-refractivity contribution in [1.82, 2.24) is 0 Å². The Kier molecular flexibility index (Phi) is 6.14. The molecule has 0 aliphatic carbocycles. The van der Waals surface area contributed by atoms with Crippen LogP contribution in [0.1, 0.15) is 50.7 Å². The molecule has 0 spiro atoms. The lowest BCUT2D eigenvalue weighted by Gasteiger charge is -2.20. The summed E-state index contributed by atoms with van der Waals surface area (Å²) in [5.41, 5.74) is 8.77. The lowest BCUT2D eigenvalue weighted by atomic mass is 9.97. The number of thiocarbonyl (C=S) groups is 1. The molecule has 0 heterocycles. The van der Waals surface area contributed by atoms with E-state index < -0.39 is 5.92 Å². The molecule has 0 saturated carbocycles. The number of rotatable bonds is 6. The molecule has 1 amide bonds. The molecule has 1 atom stereocenters. The van der Waals surface area contributed by atoms with Gasteiger partial charge in [0.05, 0.1) is 10.9 Å². The summed E-state index contributed by atoms with van der Waals surface area (Å²) in [5.74, 6) is -0.148. The molecule has 1 rings (SSSR count). The van der Waals surface area contributed by atoms with E-state index in [4.69, 9.17) is 18.0 Å². The van der Waals surface area contributed by atoms with Gasteiger partial charge in [0.25, 0.3) is 0 Å². The van der Waals surface area contributed by atoms with Crippen molar-refractivity contribution in [2.45, 2.75) is 46.5 Å². The maximum atomic E-state index is 12.4. The molecule has 0 radical (unpaired) electrons. The van der Waals surface area contributed by atoms with E-state index in [9.17, 15) is 4.79 Å². The van der Waals surface area contributed by atoms with E-state index >= 15 is 0 Å². The normalized spacial score (nSPS) is 12.2. The monoisotopic (exact) mass is 292 g/mol. The molecular weight excluding hydrogens is 268 g/mol. The van der Waals surface area contributed by atoms with Crippen molar-refractivity contribution in [3.63, 3.8) is 0 Å². The Bertz CT molecular complexity index is 497. The van der Waals surface area contributed by atoms with Crippen molar-refractivity contribution in [3.05, 3.63) is 29.3 Å². The number of carbonyl (C=O) groups is 1. The molecule has 1 unspecified atom stereocenters. The molecule has 0 saturated heterocycles. The maximum Gasteiger partial charge on any atom is 0.234 e. The topological polar surface area (TPSA) is 55.1 Å². The number of carbonyl (C=O) groups excluding carboxylic acids is 1. The number of nitrogens with one attached hydrogen (secondary N) is 1. The van der Waals surface area contributed by atoms with Crippen LogP contribution in [0.3, 0.4) is 0 Å². The number of anilines is 1. The van der Waals surface area contributed by atoms with Crippen LogP contribution in [0.2, 0.25) is 0 Å².